The van der Waals surface area contributed by atoms with Crippen LogP contribution in [-0.4, -0.2) is 22.7 Å². The summed E-state index contributed by atoms with van der Waals surface area (Å²) in [5.74, 6) is 2.66. The van der Waals surface area contributed by atoms with Gasteiger partial charge in [0, 0.05) is 11.3 Å². The minimum absolute atomic E-state index is 0.119. The van der Waals surface area contributed by atoms with E-state index in [4.69, 9.17) is 4.74 Å². The predicted octanol–water partition coefficient (Wildman–Crippen LogP) is 3.82. The van der Waals surface area contributed by atoms with Crippen LogP contribution in [0.5, 0.6) is 5.75 Å². The molecule has 1 heterocycles. The van der Waals surface area contributed by atoms with Crippen molar-refractivity contribution in [3.8, 4) is 5.75 Å². The molecule has 0 amide bonds. The summed E-state index contributed by atoms with van der Waals surface area (Å²) in [6.45, 7) is 8.47. The van der Waals surface area contributed by atoms with E-state index < -0.39 is 5.60 Å². The van der Waals surface area contributed by atoms with Crippen LogP contribution in [0.4, 0.5) is 0 Å². The molecule has 1 fully saturated rings. The summed E-state index contributed by atoms with van der Waals surface area (Å²) < 4.78 is 5.86. The van der Waals surface area contributed by atoms with Crippen LogP contribution in [0.3, 0.4) is 0 Å². The zero-order valence-electron chi connectivity index (χ0n) is 12.3. The van der Waals surface area contributed by atoms with Gasteiger partial charge >= 0.3 is 0 Å². The van der Waals surface area contributed by atoms with Crippen LogP contribution in [0.15, 0.2) is 24.3 Å². The number of thioether (sulfide) groups is 1. The molecule has 2 rings (SSSR count). The van der Waals surface area contributed by atoms with Crippen LogP contribution in [0.1, 0.15) is 39.7 Å². The number of para-hydroxylation sites is 1. The van der Waals surface area contributed by atoms with Gasteiger partial charge in [0.2, 0.25) is 0 Å². The molecular formula is C16H24O2S. The molecule has 1 aromatic carbocycles. The lowest BCUT2D eigenvalue weighted by Gasteiger charge is -2.42. The molecule has 1 saturated heterocycles. The smallest absolute Gasteiger partial charge is 0.125 e. The Bertz CT molecular complexity index is 442. The van der Waals surface area contributed by atoms with E-state index in [1.807, 2.05) is 49.9 Å². The molecule has 0 aliphatic carbocycles. The number of ether oxygens (including phenoxy) is 1. The van der Waals surface area contributed by atoms with E-state index in [1.54, 1.807) is 0 Å². The largest absolute Gasteiger partial charge is 0.491 e. The molecule has 2 nitrogen and oxygen atoms in total. The molecule has 0 saturated carbocycles. The minimum Gasteiger partial charge on any atom is -0.491 e. The molecular weight excluding hydrogens is 256 g/mol. The Morgan fingerprint density at radius 2 is 1.89 bits per heavy atom. The fourth-order valence-electron chi connectivity index (χ4n) is 2.77. The highest BCUT2D eigenvalue weighted by Crippen LogP contribution is 2.46. The van der Waals surface area contributed by atoms with Gasteiger partial charge in [0.25, 0.3) is 0 Å². The van der Waals surface area contributed by atoms with Gasteiger partial charge in [0.1, 0.15) is 11.4 Å². The first-order chi connectivity index (χ1) is 8.82. The molecule has 0 radical (unpaired) electrons. The summed E-state index contributed by atoms with van der Waals surface area (Å²) in [6.07, 6.45) is 0.903. The lowest BCUT2D eigenvalue weighted by atomic mass is 9.78. The van der Waals surface area contributed by atoms with Crippen LogP contribution < -0.4 is 4.74 Å². The Morgan fingerprint density at radius 3 is 2.53 bits per heavy atom. The van der Waals surface area contributed by atoms with E-state index in [0.29, 0.717) is 0 Å². The Morgan fingerprint density at radius 1 is 1.21 bits per heavy atom. The summed E-state index contributed by atoms with van der Waals surface area (Å²) in [5, 5.41) is 11.1. The van der Waals surface area contributed by atoms with E-state index in [2.05, 4.69) is 13.8 Å². The molecule has 0 aromatic heterocycles. The first-order valence-electron chi connectivity index (χ1n) is 6.89. The van der Waals surface area contributed by atoms with Gasteiger partial charge in [-0.25, -0.2) is 0 Å². The van der Waals surface area contributed by atoms with Crippen molar-refractivity contribution in [1.82, 2.24) is 0 Å². The maximum atomic E-state index is 11.1. The third kappa shape index (κ3) is 3.46. The van der Waals surface area contributed by atoms with Crippen molar-refractivity contribution in [3.63, 3.8) is 0 Å². The summed E-state index contributed by atoms with van der Waals surface area (Å²) in [4.78, 5) is 0. The van der Waals surface area contributed by atoms with Crippen molar-refractivity contribution in [2.24, 2.45) is 5.41 Å². The van der Waals surface area contributed by atoms with Crippen LogP contribution in [-0.2, 0) is 5.60 Å². The van der Waals surface area contributed by atoms with Gasteiger partial charge in [-0.15, -0.1) is 0 Å². The predicted molar refractivity (Wildman–Crippen MR) is 81.8 cm³/mol. The van der Waals surface area contributed by atoms with Crippen molar-refractivity contribution in [3.05, 3.63) is 29.8 Å². The van der Waals surface area contributed by atoms with Crippen molar-refractivity contribution >= 4 is 11.8 Å². The fourth-order valence-corrected chi connectivity index (χ4v) is 4.12. The third-order valence-electron chi connectivity index (χ3n) is 3.36. The second-order valence-corrected chi connectivity index (χ2v) is 7.51. The van der Waals surface area contributed by atoms with Gasteiger partial charge < -0.3 is 9.84 Å². The van der Waals surface area contributed by atoms with Gasteiger partial charge in [-0.3, -0.25) is 0 Å². The highest BCUT2D eigenvalue weighted by molar-refractivity contribution is 7.99. The summed E-state index contributed by atoms with van der Waals surface area (Å²) in [5.41, 5.74) is 0.310. The molecule has 1 aromatic rings. The van der Waals surface area contributed by atoms with E-state index in [1.165, 1.54) is 0 Å². The second kappa shape index (κ2) is 5.37. The molecule has 3 heteroatoms. The van der Waals surface area contributed by atoms with Gasteiger partial charge in [0.15, 0.2) is 0 Å². The number of hydrogen-bond acceptors (Lipinski definition) is 3. The Kier molecular flexibility index (Phi) is 4.17. The maximum absolute atomic E-state index is 11.1. The van der Waals surface area contributed by atoms with E-state index >= 15 is 0 Å². The molecule has 0 bridgehead atoms. The van der Waals surface area contributed by atoms with Gasteiger partial charge in [0.05, 0.1) is 6.10 Å². The lowest BCUT2D eigenvalue weighted by molar-refractivity contribution is 0.0125. The van der Waals surface area contributed by atoms with Gasteiger partial charge in [-0.05, 0) is 37.5 Å². The zero-order chi connectivity index (χ0) is 14.1. The van der Waals surface area contributed by atoms with Crippen molar-refractivity contribution in [2.75, 3.05) is 11.5 Å². The first kappa shape index (κ1) is 14.7. The second-order valence-electron chi connectivity index (χ2n) is 6.53. The van der Waals surface area contributed by atoms with Crippen molar-refractivity contribution in [1.29, 1.82) is 0 Å². The summed E-state index contributed by atoms with van der Waals surface area (Å²) in [6, 6.07) is 7.90. The zero-order valence-corrected chi connectivity index (χ0v) is 13.1. The highest BCUT2D eigenvalue weighted by Gasteiger charge is 2.41. The number of benzene rings is 1. The Labute approximate surface area is 120 Å². The molecule has 106 valence electrons. The molecule has 1 unspecified atom stereocenters. The van der Waals surface area contributed by atoms with Gasteiger partial charge in [-0.2, -0.15) is 11.8 Å². The van der Waals surface area contributed by atoms with Crippen LogP contribution in [0.25, 0.3) is 0 Å². The highest BCUT2D eigenvalue weighted by atomic mass is 32.2. The van der Waals surface area contributed by atoms with Crippen LogP contribution >= 0.6 is 11.8 Å². The number of aliphatic hydroxyl groups is 1. The van der Waals surface area contributed by atoms with E-state index in [-0.39, 0.29) is 11.5 Å². The quantitative estimate of drug-likeness (QED) is 0.912. The van der Waals surface area contributed by atoms with Gasteiger partial charge in [-0.1, -0.05) is 32.0 Å². The minimum atomic E-state index is -0.780. The van der Waals surface area contributed by atoms with E-state index in [9.17, 15) is 5.11 Å². The molecule has 1 aliphatic heterocycles. The normalized spacial score (nSPS) is 26.4. The average Bonchev–Trinajstić information content (AvgIpc) is 2.26. The third-order valence-corrected chi connectivity index (χ3v) is 5.02. The van der Waals surface area contributed by atoms with Crippen LogP contribution in [0, 0.1) is 5.41 Å². The van der Waals surface area contributed by atoms with Crippen molar-refractivity contribution in [2.45, 2.75) is 45.8 Å². The Hall–Kier alpha value is -0.670. The molecule has 1 N–H and O–H groups in total. The first-order valence-corrected chi connectivity index (χ1v) is 8.04. The topological polar surface area (TPSA) is 29.5 Å². The Balaban J connectivity index is 2.34. The average molecular weight is 280 g/mol. The number of hydrogen-bond donors (Lipinski definition) is 1. The monoisotopic (exact) mass is 280 g/mol. The summed E-state index contributed by atoms with van der Waals surface area (Å²) in [7, 11) is 0. The maximum Gasteiger partial charge on any atom is 0.125 e. The fraction of sp³-hybridized carbons (Fsp3) is 0.625. The summed E-state index contributed by atoms with van der Waals surface area (Å²) >= 11 is 1.83. The van der Waals surface area contributed by atoms with Crippen LogP contribution in [0.2, 0.25) is 0 Å². The number of rotatable bonds is 3. The standard InChI is InChI=1S/C16H24O2S/c1-12(2)18-14-8-6-5-7-13(14)16(17)9-15(3,4)10-19-11-16/h5-8,12,17H,9-11H2,1-4H3. The molecule has 19 heavy (non-hydrogen) atoms. The van der Waals surface area contributed by atoms with Crippen molar-refractivity contribution < 1.29 is 9.84 Å². The molecule has 1 atom stereocenters. The van der Waals surface area contributed by atoms with E-state index in [0.717, 1.165) is 29.2 Å². The molecule has 0 spiro atoms. The SMILES string of the molecule is CC(C)Oc1ccccc1C1(O)CSCC(C)(C)C1. The lowest BCUT2D eigenvalue weighted by Crippen LogP contribution is -2.40. The molecule has 1 aliphatic rings.